The van der Waals surface area contributed by atoms with Crippen LogP contribution in [0.3, 0.4) is 0 Å². The van der Waals surface area contributed by atoms with Crippen molar-refractivity contribution in [3.05, 3.63) is 71.5 Å². The Morgan fingerprint density at radius 3 is 2.76 bits per heavy atom. The Balaban J connectivity index is 1.63. The number of hydrogen-bond donors (Lipinski definition) is 1. The number of allylic oxidation sites excluding steroid dienone is 5. The monoisotopic (exact) mass is 449 g/mol. The second-order valence-corrected chi connectivity index (χ2v) is 10.1. The van der Waals surface area contributed by atoms with Crippen molar-refractivity contribution in [2.75, 3.05) is 13.2 Å². The van der Waals surface area contributed by atoms with E-state index in [2.05, 4.69) is 76.2 Å². The summed E-state index contributed by atoms with van der Waals surface area (Å²) in [6, 6.07) is 0. The third-order valence-corrected chi connectivity index (χ3v) is 7.92. The van der Waals surface area contributed by atoms with Crippen molar-refractivity contribution < 1.29 is 4.74 Å². The molecule has 5 unspecified atom stereocenters. The minimum absolute atomic E-state index is 0.00299. The Morgan fingerprint density at radius 1 is 1.21 bits per heavy atom. The van der Waals surface area contributed by atoms with Gasteiger partial charge in [0.2, 0.25) is 0 Å². The van der Waals surface area contributed by atoms with Gasteiger partial charge in [-0.05, 0) is 84.8 Å². The summed E-state index contributed by atoms with van der Waals surface area (Å²) in [5.74, 6) is 2.94. The van der Waals surface area contributed by atoms with Gasteiger partial charge in [0.1, 0.15) is 6.10 Å². The summed E-state index contributed by atoms with van der Waals surface area (Å²) >= 11 is 0. The highest BCUT2D eigenvalue weighted by atomic mass is 16.5. The lowest BCUT2D eigenvalue weighted by Crippen LogP contribution is -2.23. The quantitative estimate of drug-likeness (QED) is 0.254. The first-order chi connectivity index (χ1) is 16.1. The fraction of sp³-hybridized carbons (Fsp3) is 0.613. The standard InChI is InChI=1S/C31H47NO/c1-6-12-25(23(4)17-18-31-24(5)14-11-21-33-31)19-20-32-22-30-26(8-3)28-15-9-10-16-29(28)27(30)13-7-2/h11-12,14,17-20,23,27-29,31-32H,5-10,13,15-16,21-22H2,1-4H3/b18-17-,20-19-,25-12+. The summed E-state index contributed by atoms with van der Waals surface area (Å²) in [7, 11) is 0. The van der Waals surface area contributed by atoms with Crippen LogP contribution < -0.4 is 5.32 Å². The van der Waals surface area contributed by atoms with Crippen molar-refractivity contribution in [3.8, 4) is 0 Å². The van der Waals surface area contributed by atoms with Gasteiger partial charge in [-0.15, -0.1) is 0 Å². The van der Waals surface area contributed by atoms with Crippen LogP contribution in [0.25, 0.3) is 0 Å². The van der Waals surface area contributed by atoms with E-state index in [1.54, 1.807) is 11.1 Å². The Hall–Kier alpha value is -1.80. The van der Waals surface area contributed by atoms with E-state index in [9.17, 15) is 0 Å². The topological polar surface area (TPSA) is 21.3 Å². The van der Waals surface area contributed by atoms with Crippen LogP contribution in [0.15, 0.2) is 71.5 Å². The zero-order chi connectivity index (χ0) is 23.6. The lowest BCUT2D eigenvalue weighted by atomic mass is 9.74. The van der Waals surface area contributed by atoms with Crippen LogP contribution in [0.5, 0.6) is 0 Å². The van der Waals surface area contributed by atoms with Gasteiger partial charge in [-0.25, -0.2) is 0 Å². The van der Waals surface area contributed by atoms with Crippen LogP contribution in [-0.4, -0.2) is 19.3 Å². The van der Waals surface area contributed by atoms with Crippen molar-refractivity contribution in [2.24, 2.45) is 23.7 Å². The number of fused-ring (bicyclic) bond motifs is 1. The molecule has 33 heavy (non-hydrogen) atoms. The van der Waals surface area contributed by atoms with Gasteiger partial charge in [0, 0.05) is 6.54 Å². The Bertz CT molecular complexity index is 796. The zero-order valence-electron chi connectivity index (χ0n) is 21.6. The maximum atomic E-state index is 5.80. The highest BCUT2D eigenvalue weighted by molar-refractivity contribution is 5.32. The summed E-state index contributed by atoms with van der Waals surface area (Å²) in [5.41, 5.74) is 5.92. The van der Waals surface area contributed by atoms with Crippen molar-refractivity contribution in [2.45, 2.75) is 85.2 Å². The minimum Gasteiger partial charge on any atom is -0.387 e. The lowest BCUT2D eigenvalue weighted by molar-refractivity contribution is 0.130. The largest absolute Gasteiger partial charge is 0.387 e. The molecule has 0 spiro atoms. The molecule has 3 rings (SSSR count). The molecule has 3 aliphatic rings. The van der Waals surface area contributed by atoms with Crippen molar-refractivity contribution in [1.82, 2.24) is 5.32 Å². The summed E-state index contributed by atoms with van der Waals surface area (Å²) in [5, 5.41) is 3.69. The second kappa shape index (κ2) is 13.2. The van der Waals surface area contributed by atoms with E-state index >= 15 is 0 Å². The molecule has 0 aromatic carbocycles. The highest BCUT2D eigenvalue weighted by Crippen LogP contribution is 2.51. The van der Waals surface area contributed by atoms with E-state index in [0.29, 0.717) is 12.5 Å². The number of hydrogen-bond acceptors (Lipinski definition) is 2. The molecule has 1 saturated carbocycles. The minimum atomic E-state index is 0.00299. The molecule has 2 heteroatoms. The van der Waals surface area contributed by atoms with Crippen LogP contribution in [0.1, 0.15) is 79.1 Å². The Kier molecular flexibility index (Phi) is 10.3. The molecule has 0 aromatic rings. The van der Waals surface area contributed by atoms with Crippen molar-refractivity contribution >= 4 is 0 Å². The van der Waals surface area contributed by atoms with Gasteiger partial charge < -0.3 is 10.1 Å². The van der Waals surface area contributed by atoms with E-state index < -0.39 is 0 Å². The molecule has 0 aromatic heterocycles. The van der Waals surface area contributed by atoms with Gasteiger partial charge in [-0.1, -0.05) is 89.5 Å². The van der Waals surface area contributed by atoms with Crippen molar-refractivity contribution in [3.63, 3.8) is 0 Å². The molecule has 1 aliphatic heterocycles. The zero-order valence-corrected chi connectivity index (χ0v) is 21.6. The number of rotatable bonds is 11. The molecule has 0 saturated heterocycles. The van der Waals surface area contributed by atoms with Crippen LogP contribution in [0.4, 0.5) is 0 Å². The predicted molar refractivity (Wildman–Crippen MR) is 143 cm³/mol. The van der Waals surface area contributed by atoms with E-state index in [0.717, 1.165) is 36.3 Å². The lowest BCUT2D eigenvalue weighted by Gasteiger charge is -2.31. The van der Waals surface area contributed by atoms with Crippen LogP contribution >= 0.6 is 0 Å². The first kappa shape index (κ1) is 25.8. The summed E-state index contributed by atoms with van der Waals surface area (Å²) in [6.45, 7) is 15.0. The molecule has 1 fully saturated rings. The van der Waals surface area contributed by atoms with Gasteiger partial charge in [0.25, 0.3) is 0 Å². The average Bonchev–Trinajstić information content (AvgIpc) is 3.13. The number of ether oxygens (including phenoxy) is 1. The van der Waals surface area contributed by atoms with Crippen LogP contribution in [-0.2, 0) is 4.74 Å². The van der Waals surface area contributed by atoms with Gasteiger partial charge >= 0.3 is 0 Å². The average molecular weight is 450 g/mol. The molecule has 2 aliphatic carbocycles. The third-order valence-electron chi connectivity index (χ3n) is 7.92. The molecule has 0 bridgehead atoms. The van der Waals surface area contributed by atoms with E-state index in [1.165, 1.54) is 50.5 Å². The summed E-state index contributed by atoms with van der Waals surface area (Å²) in [4.78, 5) is 0. The summed E-state index contributed by atoms with van der Waals surface area (Å²) < 4.78 is 5.80. The predicted octanol–water partition coefficient (Wildman–Crippen LogP) is 8.07. The maximum Gasteiger partial charge on any atom is 0.100 e. The summed E-state index contributed by atoms with van der Waals surface area (Å²) in [6.07, 6.45) is 26.0. The smallest absolute Gasteiger partial charge is 0.100 e. The molecule has 0 amide bonds. The molecule has 182 valence electrons. The van der Waals surface area contributed by atoms with Crippen LogP contribution in [0.2, 0.25) is 0 Å². The van der Waals surface area contributed by atoms with Crippen molar-refractivity contribution in [1.29, 1.82) is 0 Å². The first-order valence-electron chi connectivity index (χ1n) is 13.6. The molecule has 1 N–H and O–H groups in total. The van der Waals surface area contributed by atoms with Crippen LogP contribution in [0, 0.1) is 23.7 Å². The van der Waals surface area contributed by atoms with E-state index in [1.807, 2.05) is 6.08 Å². The van der Waals surface area contributed by atoms with Gasteiger partial charge in [-0.2, -0.15) is 0 Å². The molecular weight excluding hydrogens is 402 g/mol. The van der Waals surface area contributed by atoms with Gasteiger partial charge in [-0.3, -0.25) is 0 Å². The normalized spacial score (nSPS) is 29.3. The molecule has 5 atom stereocenters. The Labute approximate surface area is 203 Å². The van der Waals surface area contributed by atoms with E-state index in [-0.39, 0.29) is 6.10 Å². The molecule has 2 nitrogen and oxygen atoms in total. The molecule has 0 radical (unpaired) electrons. The highest BCUT2D eigenvalue weighted by Gasteiger charge is 2.41. The van der Waals surface area contributed by atoms with Gasteiger partial charge in [0.05, 0.1) is 6.61 Å². The SMILES string of the molecule is C=C1C=CCOC1/C=C\C(C)C(/C=C\NCC1=C(CC)C2CCCCC2C1CCC)=C/CC. The fourth-order valence-electron chi connectivity index (χ4n) is 6.33. The maximum absolute atomic E-state index is 5.80. The first-order valence-corrected chi connectivity index (χ1v) is 13.6. The number of nitrogens with one attached hydrogen (secondary N) is 1. The fourth-order valence-corrected chi connectivity index (χ4v) is 6.33. The molecular formula is C31H47NO. The molecule has 1 heterocycles. The third kappa shape index (κ3) is 6.63. The second-order valence-electron chi connectivity index (χ2n) is 10.1. The van der Waals surface area contributed by atoms with Gasteiger partial charge in [0.15, 0.2) is 0 Å². The Morgan fingerprint density at radius 2 is 2.03 bits per heavy atom. The van der Waals surface area contributed by atoms with E-state index in [4.69, 9.17) is 4.74 Å².